The highest BCUT2D eigenvalue weighted by molar-refractivity contribution is 7.90. The third-order valence-corrected chi connectivity index (χ3v) is 6.30. The number of anilines is 2. The smallest absolute Gasteiger partial charge is 0.319 e. The Hall–Kier alpha value is -3.40. The van der Waals surface area contributed by atoms with Crippen molar-refractivity contribution in [2.24, 2.45) is 0 Å². The highest BCUT2D eigenvalue weighted by Gasteiger charge is 2.21. The average molecular weight is 502 g/mol. The molecule has 0 aromatic heterocycles. The summed E-state index contributed by atoms with van der Waals surface area (Å²) in [5.74, 6) is -0.510. The van der Waals surface area contributed by atoms with Crippen molar-refractivity contribution in [1.82, 2.24) is 5.32 Å². The fraction of sp³-hybridized carbons (Fsp3) is 0.167. The van der Waals surface area contributed by atoms with Crippen molar-refractivity contribution in [2.75, 3.05) is 23.5 Å². The molecule has 0 aliphatic carbocycles. The second-order valence-electron chi connectivity index (χ2n) is 7.51. The number of hydrogen-bond donors (Lipinski definition) is 4. The minimum absolute atomic E-state index is 0.0136. The van der Waals surface area contributed by atoms with Gasteiger partial charge >= 0.3 is 6.03 Å². The van der Waals surface area contributed by atoms with Crippen molar-refractivity contribution in [3.8, 4) is 11.1 Å². The number of aliphatic hydroxyl groups excluding tert-OH is 1. The standard InChI is InChI=1S/C24H24ClN3O5S/c1-34(32,33)22-5-3-2-4-20(22)16-6-10-18(11-7-16)26-23(30)21(14-15-29)28-24(31)27-19-12-8-17(25)9-13-19/h2-13,21,29H,14-15H2,1H3,(H,26,30)(H2,27,28,31)/t21-/m1/s1. The van der Waals surface area contributed by atoms with Crippen LogP contribution in [0.1, 0.15) is 6.42 Å². The maximum atomic E-state index is 12.7. The maximum Gasteiger partial charge on any atom is 0.319 e. The lowest BCUT2D eigenvalue weighted by molar-refractivity contribution is -0.118. The van der Waals surface area contributed by atoms with Gasteiger partial charge in [0.25, 0.3) is 0 Å². The second kappa shape index (κ2) is 11.1. The van der Waals surface area contributed by atoms with Crippen molar-refractivity contribution in [1.29, 1.82) is 0 Å². The summed E-state index contributed by atoms with van der Waals surface area (Å²) in [6, 6.07) is 18.2. The summed E-state index contributed by atoms with van der Waals surface area (Å²) >= 11 is 5.83. The third kappa shape index (κ3) is 6.80. The number of carbonyl (C=O) groups is 2. The topological polar surface area (TPSA) is 125 Å². The lowest BCUT2D eigenvalue weighted by Crippen LogP contribution is -2.46. The van der Waals surface area contributed by atoms with Crippen LogP contribution in [0.4, 0.5) is 16.2 Å². The van der Waals surface area contributed by atoms with Crippen LogP contribution in [0.25, 0.3) is 11.1 Å². The molecular weight excluding hydrogens is 478 g/mol. The van der Waals surface area contributed by atoms with E-state index in [0.717, 1.165) is 6.26 Å². The van der Waals surface area contributed by atoms with E-state index in [0.29, 0.717) is 27.5 Å². The van der Waals surface area contributed by atoms with Crippen LogP contribution in [0.15, 0.2) is 77.7 Å². The zero-order chi connectivity index (χ0) is 24.7. The lowest BCUT2D eigenvalue weighted by Gasteiger charge is -2.18. The van der Waals surface area contributed by atoms with E-state index in [1.165, 1.54) is 0 Å². The molecule has 0 heterocycles. The number of benzene rings is 3. The summed E-state index contributed by atoms with van der Waals surface area (Å²) in [6.45, 7) is -0.305. The normalized spacial score (nSPS) is 12.0. The number of aliphatic hydroxyl groups is 1. The minimum atomic E-state index is -3.41. The summed E-state index contributed by atoms with van der Waals surface area (Å²) in [7, 11) is -3.41. The number of nitrogens with one attached hydrogen (secondary N) is 3. The van der Waals surface area contributed by atoms with E-state index in [1.54, 1.807) is 72.8 Å². The Bertz CT molecular complexity index is 1260. The molecule has 10 heteroatoms. The summed E-state index contributed by atoms with van der Waals surface area (Å²) in [4.78, 5) is 25.2. The van der Waals surface area contributed by atoms with Crippen LogP contribution in [0.2, 0.25) is 5.02 Å². The zero-order valence-corrected chi connectivity index (χ0v) is 19.9. The molecule has 0 fully saturated rings. The monoisotopic (exact) mass is 501 g/mol. The van der Waals surface area contributed by atoms with Gasteiger partial charge in [0.05, 0.1) is 4.90 Å². The summed E-state index contributed by atoms with van der Waals surface area (Å²) < 4.78 is 24.1. The van der Waals surface area contributed by atoms with E-state index in [-0.39, 0.29) is 17.9 Å². The number of halogens is 1. The van der Waals surface area contributed by atoms with Crippen LogP contribution in [0.5, 0.6) is 0 Å². The van der Waals surface area contributed by atoms with Gasteiger partial charge in [0.2, 0.25) is 5.91 Å². The van der Waals surface area contributed by atoms with Gasteiger partial charge in [-0.05, 0) is 54.4 Å². The van der Waals surface area contributed by atoms with Crippen LogP contribution in [0, 0.1) is 0 Å². The predicted molar refractivity (Wildman–Crippen MR) is 133 cm³/mol. The molecule has 34 heavy (non-hydrogen) atoms. The predicted octanol–water partition coefficient (Wildman–Crippen LogP) is 3.92. The molecule has 178 valence electrons. The fourth-order valence-electron chi connectivity index (χ4n) is 3.25. The highest BCUT2D eigenvalue weighted by atomic mass is 35.5. The Morgan fingerprint density at radius 3 is 2.12 bits per heavy atom. The van der Waals surface area contributed by atoms with E-state index in [2.05, 4.69) is 16.0 Å². The van der Waals surface area contributed by atoms with Crippen molar-refractivity contribution >= 4 is 44.8 Å². The molecule has 1 atom stereocenters. The van der Waals surface area contributed by atoms with E-state index in [1.807, 2.05) is 0 Å². The van der Waals surface area contributed by atoms with E-state index < -0.39 is 27.8 Å². The van der Waals surface area contributed by atoms with Crippen molar-refractivity contribution in [3.63, 3.8) is 0 Å². The first kappa shape index (κ1) is 25.2. The number of amides is 3. The molecule has 4 N–H and O–H groups in total. The molecule has 0 saturated carbocycles. The first-order valence-corrected chi connectivity index (χ1v) is 12.6. The van der Waals surface area contributed by atoms with Crippen LogP contribution in [-0.2, 0) is 14.6 Å². The van der Waals surface area contributed by atoms with Gasteiger partial charge in [0.1, 0.15) is 6.04 Å². The third-order valence-electron chi connectivity index (χ3n) is 4.89. The van der Waals surface area contributed by atoms with Crippen LogP contribution in [-0.4, -0.2) is 44.4 Å². The molecule has 0 saturated heterocycles. The highest BCUT2D eigenvalue weighted by Crippen LogP contribution is 2.28. The Morgan fingerprint density at radius 2 is 1.50 bits per heavy atom. The van der Waals surface area contributed by atoms with Crippen LogP contribution < -0.4 is 16.0 Å². The molecule has 3 aromatic carbocycles. The van der Waals surface area contributed by atoms with Crippen LogP contribution in [0.3, 0.4) is 0 Å². The number of carbonyl (C=O) groups excluding carboxylic acids is 2. The molecule has 3 amide bonds. The molecule has 0 unspecified atom stereocenters. The van der Waals surface area contributed by atoms with Gasteiger partial charge in [-0.2, -0.15) is 0 Å². The SMILES string of the molecule is CS(=O)(=O)c1ccccc1-c1ccc(NC(=O)[C@@H](CCO)NC(=O)Nc2ccc(Cl)cc2)cc1. The quantitative estimate of drug-likeness (QED) is 0.372. The fourth-order valence-corrected chi connectivity index (χ4v) is 4.28. The minimum Gasteiger partial charge on any atom is -0.396 e. The molecule has 3 aromatic rings. The molecule has 0 aliphatic rings. The summed E-state index contributed by atoms with van der Waals surface area (Å²) in [6.07, 6.45) is 1.16. The van der Waals surface area contributed by atoms with Gasteiger partial charge < -0.3 is 21.1 Å². The van der Waals surface area contributed by atoms with E-state index in [4.69, 9.17) is 11.6 Å². The molecule has 3 rings (SSSR count). The second-order valence-corrected chi connectivity index (χ2v) is 9.93. The Balaban J connectivity index is 1.68. The number of rotatable bonds is 8. The lowest BCUT2D eigenvalue weighted by atomic mass is 10.1. The van der Waals surface area contributed by atoms with E-state index >= 15 is 0 Å². The van der Waals surface area contributed by atoms with Gasteiger partial charge in [-0.25, -0.2) is 13.2 Å². The van der Waals surface area contributed by atoms with Gasteiger partial charge in [-0.1, -0.05) is 41.9 Å². The molecule has 0 aliphatic heterocycles. The number of urea groups is 1. The molecule has 0 radical (unpaired) electrons. The van der Waals surface area contributed by atoms with Crippen molar-refractivity contribution in [2.45, 2.75) is 17.4 Å². The maximum absolute atomic E-state index is 12.7. The molecule has 0 bridgehead atoms. The zero-order valence-electron chi connectivity index (χ0n) is 18.3. The first-order chi connectivity index (χ1) is 16.2. The molecular formula is C24H24ClN3O5S. The van der Waals surface area contributed by atoms with Crippen molar-refractivity contribution < 1.29 is 23.1 Å². The first-order valence-electron chi connectivity index (χ1n) is 10.3. The Morgan fingerprint density at radius 1 is 0.912 bits per heavy atom. The van der Waals surface area contributed by atoms with Gasteiger partial charge in [0, 0.05) is 34.8 Å². The molecule has 0 spiro atoms. The Kier molecular flexibility index (Phi) is 8.27. The Labute approximate surface area is 202 Å². The van der Waals surface area contributed by atoms with E-state index in [9.17, 15) is 23.1 Å². The largest absolute Gasteiger partial charge is 0.396 e. The summed E-state index contributed by atoms with van der Waals surface area (Å²) in [5.41, 5.74) is 2.18. The van der Waals surface area contributed by atoms with Gasteiger partial charge in [-0.3, -0.25) is 4.79 Å². The van der Waals surface area contributed by atoms with Crippen LogP contribution >= 0.6 is 11.6 Å². The van der Waals surface area contributed by atoms with Gasteiger partial charge in [0.15, 0.2) is 9.84 Å². The summed E-state index contributed by atoms with van der Waals surface area (Å²) in [5, 5.41) is 17.7. The number of sulfone groups is 1. The van der Waals surface area contributed by atoms with Crippen molar-refractivity contribution in [3.05, 3.63) is 77.8 Å². The number of hydrogen-bond acceptors (Lipinski definition) is 5. The average Bonchev–Trinajstić information content (AvgIpc) is 2.80. The molecule has 8 nitrogen and oxygen atoms in total. The van der Waals surface area contributed by atoms with Gasteiger partial charge in [-0.15, -0.1) is 0 Å².